The van der Waals surface area contributed by atoms with Gasteiger partial charge in [0.1, 0.15) is 11.5 Å². The fraction of sp³-hybridized carbons (Fsp3) is 0.389. The third kappa shape index (κ3) is 5.62. The molecule has 2 rings (SSSR count). The summed E-state index contributed by atoms with van der Waals surface area (Å²) < 4.78 is 80.9. The van der Waals surface area contributed by atoms with Crippen molar-refractivity contribution in [3.05, 3.63) is 61.1 Å². The highest BCUT2D eigenvalue weighted by molar-refractivity contribution is 7.87. The normalized spacial score (nSPS) is 12.5. The first kappa shape index (κ1) is 26.5. The van der Waals surface area contributed by atoms with Crippen LogP contribution in [0.4, 0.5) is 17.6 Å². The molecule has 0 bridgehead atoms. The number of aromatic nitrogens is 2. The summed E-state index contributed by atoms with van der Waals surface area (Å²) in [5, 5.41) is -0.335. The summed E-state index contributed by atoms with van der Waals surface area (Å²) in [6.07, 6.45) is -5.71. The Hall–Kier alpha value is -2.71. The van der Waals surface area contributed by atoms with Crippen LogP contribution in [0.15, 0.2) is 27.8 Å². The van der Waals surface area contributed by atoms with Crippen molar-refractivity contribution in [2.24, 2.45) is 7.05 Å². The average molecular weight is 515 g/mol. The predicted octanol–water partition coefficient (Wildman–Crippen LogP) is 1.59. The molecular formula is C18H19ClF4N4O5S. The summed E-state index contributed by atoms with van der Waals surface area (Å²) >= 11 is 5.91. The number of carbonyl (C=O) groups is 1. The van der Waals surface area contributed by atoms with Crippen molar-refractivity contribution >= 4 is 27.7 Å². The van der Waals surface area contributed by atoms with E-state index in [-0.39, 0.29) is 25.8 Å². The first-order chi connectivity index (χ1) is 15.0. The summed E-state index contributed by atoms with van der Waals surface area (Å²) in [5.41, 5.74) is -5.44. The smallest absolute Gasteiger partial charge is 0.292 e. The Kier molecular flexibility index (Phi) is 7.45. The molecule has 0 spiro atoms. The van der Waals surface area contributed by atoms with Gasteiger partial charge in [0.05, 0.1) is 12.1 Å². The van der Waals surface area contributed by atoms with Crippen LogP contribution in [0.5, 0.6) is 0 Å². The molecule has 2 aromatic rings. The zero-order valence-electron chi connectivity index (χ0n) is 17.7. The lowest BCUT2D eigenvalue weighted by atomic mass is 10.1. The molecule has 0 aliphatic rings. The number of amides is 1. The molecule has 0 fully saturated rings. The first-order valence-corrected chi connectivity index (χ1v) is 11.0. The number of carbonyl (C=O) groups excluding carboxylic acids is 1. The maximum atomic E-state index is 14.5. The van der Waals surface area contributed by atoms with E-state index in [4.69, 9.17) is 11.6 Å². The third-order valence-corrected chi connectivity index (χ3v) is 6.68. The van der Waals surface area contributed by atoms with E-state index in [1.54, 1.807) is 18.6 Å². The van der Waals surface area contributed by atoms with E-state index in [9.17, 15) is 40.4 Å². The molecule has 0 saturated carbocycles. The number of benzene rings is 1. The SMILES string of the molecule is CC(C)N(C)S(=O)(=O)NC(=O)Cc1cc(-n2c(=O)cc(C(F)(F)F)n(C)c2=O)c(F)cc1Cl. The highest BCUT2D eigenvalue weighted by Gasteiger charge is 2.35. The molecule has 0 atom stereocenters. The standard InChI is InChI=1S/C18H19ClF4N4O5S/c1-9(2)26(4)33(31,32)24-15(28)6-10-5-13(12(20)7-11(10)19)27-16(29)8-14(18(21,22)23)25(3)17(27)30/h5,7-9H,6H2,1-4H3,(H,24,28). The Morgan fingerprint density at radius 2 is 1.79 bits per heavy atom. The van der Waals surface area contributed by atoms with E-state index in [0.717, 1.165) is 17.4 Å². The molecule has 33 heavy (non-hydrogen) atoms. The van der Waals surface area contributed by atoms with Gasteiger partial charge in [-0.05, 0) is 31.5 Å². The van der Waals surface area contributed by atoms with E-state index >= 15 is 0 Å². The lowest BCUT2D eigenvalue weighted by Gasteiger charge is -2.21. The summed E-state index contributed by atoms with van der Waals surface area (Å²) in [7, 11) is -2.22. The molecule has 182 valence electrons. The van der Waals surface area contributed by atoms with Crippen molar-refractivity contribution in [3.63, 3.8) is 0 Å². The van der Waals surface area contributed by atoms with Crippen molar-refractivity contribution < 1.29 is 30.8 Å². The lowest BCUT2D eigenvalue weighted by molar-refractivity contribution is -0.144. The van der Waals surface area contributed by atoms with Gasteiger partial charge in [-0.1, -0.05) is 11.6 Å². The second-order valence-corrected chi connectivity index (χ2v) is 9.39. The zero-order chi connectivity index (χ0) is 25.5. The molecule has 9 nitrogen and oxygen atoms in total. The number of alkyl halides is 3. The molecule has 1 aromatic carbocycles. The molecule has 0 saturated heterocycles. The highest BCUT2D eigenvalue weighted by Crippen LogP contribution is 2.27. The predicted molar refractivity (Wildman–Crippen MR) is 111 cm³/mol. The topological polar surface area (TPSA) is 110 Å². The zero-order valence-corrected chi connectivity index (χ0v) is 19.3. The Morgan fingerprint density at radius 3 is 2.30 bits per heavy atom. The van der Waals surface area contributed by atoms with Crippen LogP contribution in [-0.4, -0.2) is 40.9 Å². The number of halogens is 5. The largest absolute Gasteiger partial charge is 0.431 e. The van der Waals surface area contributed by atoms with Crippen LogP contribution >= 0.6 is 11.6 Å². The maximum Gasteiger partial charge on any atom is 0.431 e. The van der Waals surface area contributed by atoms with E-state index in [1.807, 2.05) is 0 Å². The molecule has 0 aliphatic heterocycles. The van der Waals surface area contributed by atoms with Gasteiger partial charge in [0.15, 0.2) is 0 Å². The first-order valence-electron chi connectivity index (χ1n) is 9.14. The summed E-state index contributed by atoms with van der Waals surface area (Å²) in [6.45, 7) is 3.13. The van der Waals surface area contributed by atoms with Gasteiger partial charge in [-0.15, -0.1) is 0 Å². The van der Waals surface area contributed by atoms with Crippen LogP contribution in [0.1, 0.15) is 25.1 Å². The van der Waals surface area contributed by atoms with E-state index in [1.165, 1.54) is 7.05 Å². The van der Waals surface area contributed by atoms with Gasteiger partial charge in [0, 0.05) is 31.2 Å². The van der Waals surface area contributed by atoms with Crippen molar-refractivity contribution in [2.75, 3.05) is 7.05 Å². The summed E-state index contributed by atoms with van der Waals surface area (Å²) in [4.78, 5) is 36.9. The lowest BCUT2D eigenvalue weighted by Crippen LogP contribution is -2.45. The second kappa shape index (κ2) is 9.27. The Labute approximate surface area is 190 Å². The van der Waals surface area contributed by atoms with Crippen molar-refractivity contribution in [1.82, 2.24) is 18.2 Å². The monoisotopic (exact) mass is 514 g/mol. The van der Waals surface area contributed by atoms with Gasteiger partial charge in [-0.2, -0.15) is 25.9 Å². The minimum absolute atomic E-state index is 0.121. The number of hydrogen-bond acceptors (Lipinski definition) is 5. The average Bonchev–Trinajstić information content (AvgIpc) is 2.65. The van der Waals surface area contributed by atoms with Gasteiger partial charge in [-0.25, -0.2) is 18.5 Å². The minimum atomic E-state index is -5.01. The minimum Gasteiger partial charge on any atom is -0.292 e. The molecular weight excluding hydrogens is 496 g/mol. The Balaban J connectivity index is 2.53. The highest BCUT2D eigenvalue weighted by atomic mass is 35.5. The number of hydrogen-bond donors (Lipinski definition) is 1. The molecule has 0 aliphatic carbocycles. The van der Waals surface area contributed by atoms with E-state index in [2.05, 4.69) is 0 Å². The molecule has 15 heteroatoms. The molecule has 1 aromatic heterocycles. The summed E-state index contributed by atoms with van der Waals surface area (Å²) in [6, 6.07) is 1.11. The Morgan fingerprint density at radius 1 is 1.21 bits per heavy atom. The quantitative estimate of drug-likeness (QED) is 0.589. The fourth-order valence-corrected chi connectivity index (χ4v) is 3.99. The van der Waals surface area contributed by atoms with Crippen LogP contribution in [0, 0.1) is 5.82 Å². The van der Waals surface area contributed by atoms with E-state index < -0.39 is 63.2 Å². The fourth-order valence-electron chi connectivity index (χ4n) is 2.71. The molecule has 1 heterocycles. The summed E-state index contributed by atoms with van der Waals surface area (Å²) in [5.74, 6) is -2.29. The Bertz CT molecular complexity index is 1320. The van der Waals surface area contributed by atoms with Gasteiger partial charge in [-0.3, -0.25) is 14.2 Å². The van der Waals surface area contributed by atoms with Crippen LogP contribution < -0.4 is 16.0 Å². The molecule has 0 unspecified atom stereocenters. The molecule has 0 radical (unpaired) electrons. The van der Waals surface area contributed by atoms with Crippen LogP contribution in [0.25, 0.3) is 5.69 Å². The van der Waals surface area contributed by atoms with Crippen molar-refractivity contribution in [2.45, 2.75) is 32.5 Å². The van der Waals surface area contributed by atoms with Crippen molar-refractivity contribution in [3.8, 4) is 5.69 Å². The van der Waals surface area contributed by atoms with Gasteiger partial charge in [0.2, 0.25) is 5.91 Å². The maximum absolute atomic E-state index is 14.5. The van der Waals surface area contributed by atoms with Gasteiger partial charge >= 0.3 is 22.1 Å². The molecule has 1 N–H and O–H groups in total. The van der Waals surface area contributed by atoms with Gasteiger partial charge in [0.25, 0.3) is 5.56 Å². The van der Waals surface area contributed by atoms with E-state index in [0.29, 0.717) is 6.07 Å². The van der Waals surface area contributed by atoms with Crippen LogP contribution in [-0.2, 0) is 34.6 Å². The molecule has 1 amide bonds. The number of nitrogens with zero attached hydrogens (tertiary/aromatic N) is 3. The number of nitrogens with one attached hydrogen (secondary N) is 1. The van der Waals surface area contributed by atoms with Crippen LogP contribution in [0.2, 0.25) is 5.02 Å². The number of rotatable bonds is 6. The van der Waals surface area contributed by atoms with Crippen molar-refractivity contribution in [1.29, 1.82) is 0 Å². The van der Waals surface area contributed by atoms with Crippen LogP contribution in [0.3, 0.4) is 0 Å². The third-order valence-electron chi connectivity index (χ3n) is 4.67. The second-order valence-electron chi connectivity index (χ2n) is 7.25. The van der Waals surface area contributed by atoms with Gasteiger partial charge < -0.3 is 0 Å².